The molecule has 0 spiro atoms. The van der Waals surface area contributed by atoms with E-state index < -0.39 is 9.84 Å². The maximum absolute atomic E-state index is 11.5. The first-order valence-corrected chi connectivity index (χ1v) is 7.36. The lowest BCUT2D eigenvalue weighted by molar-refractivity contribution is 0.308. The molecule has 2 rings (SSSR count). The van der Waals surface area contributed by atoms with Gasteiger partial charge in [0.2, 0.25) is 9.84 Å². The summed E-state index contributed by atoms with van der Waals surface area (Å²) in [6.07, 6.45) is 5.00. The average Bonchev–Trinajstić information content (AvgIpc) is 2.44. The molecule has 4 nitrogen and oxygen atoms in total. The van der Waals surface area contributed by atoms with E-state index in [1.54, 1.807) is 6.92 Å². The molecule has 2 heterocycles. The molecule has 0 bridgehead atoms. The number of hydrogen-bond acceptors (Lipinski definition) is 4. The van der Waals surface area contributed by atoms with Crippen LogP contribution in [0.2, 0.25) is 0 Å². The third-order valence-electron chi connectivity index (χ3n) is 3.09. The summed E-state index contributed by atoms with van der Waals surface area (Å²) in [5.41, 5.74) is 0.694. The van der Waals surface area contributed by atoms with Crippen LogP contribution in [0.5, 0.6) is 0 Å². The van der Waals surface area contributed by atoms with Crippen LogP contribution in [0.15, 0.2) is 16.1 Å². The van der Waals surface area contributed by atoms with Crippen LogP contribution in [-0.4, -0.2) is 38.0 Å². The summed E-state index contributed by atoms with van der Waals surface area (Å²) in [6.45, 7) is 4.36. The third-order valence-corrected chi connectivity index (χ3v) is 4.59. The lowest BCUT2D eigenvalue weighted by Crippen LogP contribution is -2.26. The fourth-order valence-corrected chi connectivity index (χ4v) is 3.05. The first-order chi connectivity index (χ1) is 7.58. The number of likely N-dealkylation sites (tertiary alicyclic amines) is 1. The molecular weight excluding hydrogens is 224 g/mol. The van der Waals surface area contributed by atoms with E-state index in [4.69, 9.17) is 0 Å². The summed E-state index contributed by atoms with van der Waals surface area (Å²) in [5.74, 6) is 0. The summed E-state index contributed by atoms with van der Waals surface area (Å²) < 4.78 is 22.9. The molecule has 1 saturated heterocycles. The number of sulfone groups is 1. The second-order valence-electron chi connectivity index (χ2n) is 4.48. The number of rotatable bonds is 2. The number of aliphatic imine (C=N–C) groups is 1. The highest BCUT2D eigenvalue weighted by Gasteiger charge is 2.22. The lowest BCUT2D eigenvalue weighted by Gasteiger charge is -2.18. The predicted octanol–water partition coefficient (Wildman–Crippen LogP) is 1.55. The van der Waals surface area contributed by atoms with Crippen molar-refractivity contribution in [2.75, 3.05) is 19.6 Å². The molecule has 2 aliphatic rings. The summed E-state index contributed by atoms with van der Waals surface area (Å²) in [4.78, 5) is 6.42. The van der Waals surface area contributed by atoms with Gasteiger partial charge >= 0.3 is 0 Å². The molecule has 0 aromatic heterocycles. The van der Waals surface area contributed by atoms with Crippen LogP contribution in [0.3, 0.4) is 0 Å². The normalized spacial score (nSPS) is 26.1. The molecule has 0 radical (unpaired) electrons. The maximum Gasteiger partial charge on any atom is 0.214 e. The van der Waals surface area contributed by atoms with Crippen LogP contribution < -0.4 is 0 Å². The van der Waals surface area contributed by atoms with Crippen molar-refractivity contribution in [1.82, 2.24) is 4.90 Å². The highest BCUT2D eigenvalue weighted by molar-refractivity contribution is 8.09. The SMILES string of the molecule is CC1=NC(CN2CCCCCC2)=CS1(=O)=O. The fourth-order valence-electron chi connectivity index (χ4n) is 2.15. The summed E-state index contributed by atoms with van der Waals surface area (Å²) in [6, 6.07) is 0. The van der Waals surface area contributed by atoms with Gasteiger partial charge in [0.15, 0.2) is 0 Å². The van der Waals surface area contributed by atoms with Gasteiger partial charge in [-0.2, -0.15) is 0 Å². The minimum absolute atomic E-state index is 0.234. The van der Waals surface area contributed by atoms with Crippen molar-refractivity contribution in [3.63, 3.8) is 0 Å². The predicted molar refractivity (Wildman–Crippen MR) is 65.0 cm³/mol. The molecule has 5 heteroatoms. The van der Waals surface area contributed by atoms with Crippen LogP contribution in [0.25, 0.3) is 0 Å². The monoisotopic (exact) mass is 242 g/mol. The zero-order valence-electron chi connectivity index (χ0n) is 9.65. The van der Waals surface area contributed by atoms with Crippen LogP contribution in [-0.2, 0) is 9.84 Å². The van der Waals surface area contributed by atoms with Crippen LogP contribution in [0.1, 0.15) is 32.6 Å². The lowest BCUT2D eigenvalue weighted by atomic mass is 10.2. The van der Waals surface area contributed by atoms with Crippen molar-refractivity contribution in [2.24, 2.45) is 4.99 Å². The fraction of sp³-hybridized carbons (Fsp3) is 0.727. The van der Waals surface area contributed by atoms with Gasteiger partial charge in [0.1, 0.15) is 5.04 Å². The minimum Gasteiger partial charge on any atom is -0.297 e. The third kappa shape index (κ3) is 2.71. The van der Waals surface area contributed by atoms with Gasteiger partial charge in [-0.05, 0) is 32.9 Å². The van der Waals surface area contributed by atoms with E-state index in [1.165, 1.54) is 31.1 Å². The Morgan fingerprint density at radius 1 is 1.25 bits per heavy atom. The number of hydrogen-bond donors (Lipinski definition) is 0. The van der Waals surface area contributed by atoms with Gasteiger partial charge in [-0.25, -0.2) is 13.4 Å². The molecule has 0 aromatic rings. The second kappa shape index (κ2) is 4.67. The van der Waals surface area contributed by atoms with Crippen molar-refractivity contribution in [3.8, 4) is 0 Å². The van der Waals surface area contributed by atoms with Gasteiger partial charge in [-0.15, -0.1) is 0 Å². The van der Waals surface area contributed by atoms with Crippen molar-refractivity contribution >= 4 is 14.9 Å². The Bertz CT molecular complexity index is 415. The molecule has 0 aliphatic carbocycles. The van der Waals surface area contributed by atoms with Crippen molar-refractivity contribution < 1.29 is 8.42 Å². The van der Waals surface area contributed by atoms with Crippen molar-refractivity contribution in [2.45, 2.75) is 32.6 Å². The quantitative estimate of drug-likeness (QED) is 0.738. The van der Waals surface area contributed by atoms with Gasteiger partial charge < -0.3 is 0 Å². The Labute approximate surface area is 97.0 Å². The van der Waals surface area contributed by atoms with Crippen molar-refractivity contribution in [3.05, 3.63) is 11.1 Å². The molecule has 0 unspecified atom stereocenters. The topological polar surface area (TPSA) is 49.7 Å². The van der Waals surface area contributed by atoms with E-state index in [9.17, 15) is 8.42 Å². The molecule has 0 N–H and O–H groups in total. The van der Waals surface area contributed by atoms with E-state index in [0.717, 1.165) is 13.1 Å². The molecule has 90 valence electrons. The largest absolute Gasteiger partial charge is 0.297 e. The molecule has 1 fully saturated rings. The summed E-state index contributed by atoms with van der Waals surface area (Å²) in [5, 5.41) is 1.55. The smallest absolute Gasteiger partial charge is 0.214 e. The van der Waals surface area contributed by atoms with Gasteiger partial charge in [0, 0.05) is 6.54 Å². The minimum atomic E-state index is -3.17. The van der Waals surface area contributed by atoms with E-state index in [0.29, 0.717) is 12.2 Å². The maximum atomic E-state index is 11.5. The molecule has 0 aromatic carbocycles. The van der Waals surface area contributed by atoms with E-state index in [2.05, 4.69) is 9.89 Å². The van der Waals surface area contributed by atoms with Crippen molar-refractivity contribution in [1.29, 1.82) is 0 Å². The zero-order chi connectivity index (χ0) is 11.6. The Kier molecular flexibility index (Phi) is 3.44. The standard InChI is InChI=1S/C11H18N2O2S/c1-10-12-11(9-16(10,14)15)8-13-6-4-2-3-5-7-13/h9H,2-8H2,1H3. The molecule has 0 amide bonds. The Morgan fingerprint density at radius 2 is 1.88 bits per heavy atom. The highest BCUT2D eigenvalue weighted by Crippen LogP contribution is 2.17. The Hall–Kier alpha value is -0.680. The second-order valence-corrected chi connectivity index (χ2v) is 6.39. The van der Waals surface area contributed by atoms with Gasteiger partial charge in [0.25, 0.3) is 0 Å². The summed E-state index contributed by atoms with van der Waals surface area (Å²) >= 11 is 0. The van der Waals surface area contributed by atoms with Crippen LogP contribution in [0.4, 0.5) is 0 Å². The van der Waals surface area contributed by atoms with E-state index >= 15 is 0 Å². The zero-order valence-corrected chi connectivity index (χ0v) is 10.5. The van der Waals surface area contributed by atoms with Crippen LogP contribution in [0, 0.1) is 0 Å². The number of nitrogens with zero attached hydrogens (tertiary/aromatic N) is 2. The van der Waals surface area contributed by atoms with E-state index in [-0.39, 0.29) is 5.04 Å². The Balaban J connectivity index is 2.01. The molecule has 0 saturated carbocycles. The molecule has 2 aliphatic heterocycles. The van der Waals surface area contributed by atoms with Crippen LogP contribution >= 0.6 is 0 Å². The molecule has 0 atom stereocenters. The van der Waals surface area contributed by atoms with Gasteiger partial charge in [-0.3, -0.25) is 4.90 Å². The van der Waals surface area contributed by atoms with Gasteiger partial charge in [-0.1, -0.05) is 12.8 Å². The van der Waals surface area contributed by atoms with E-state index in [1.807, 2.05) is 0 Å². The van der Waals surface area contributed by atoms with Gasteiger partial charge in [0.05, 0.1) is 11.1 Å². The highest BCUT2D eigenvalue weighted by atomic mass is 32.2. The first kappa shape index (κ1) is 11.8. The average molecular weight is 242 g/mol. The Morgan fingerprint density at radius 3 is 2.38 bits per heavy atom. The molecular formula is C11H18N2O2S. The first-order valence-electron chi connectivity index (χ1n) is 5.81. The summed E-state index contributed by atoms with van der Waals surface area (Å²) in [7, 11) is -3.17. The molecule has 16 heavy (non-hydrogen) atoms.